The van der Waals surface area contributed by atoms with Crippen LogP contribution >= 0.6 is 0 Å². The minimum Gasteiger partial charge on any atom is -0.391 e. The summed E-state index contributed by atoms with van der Waals surface area (Å²) in [7, 11) is 0. The van der Waals surface area contributed by atoms with Crippen LogP contribution in [0.2, 0.25) is 0 Å². The molecule has 24 heavy (non-hydrogen) atoms. The summed E-state index contributed by atoms with van der Waals surface area (Å²) in [5.74, 6) is -0.194. The largest absolute Gasteiger partial charge is 0.391 e. The van der Waals surface area contributed by atoms with Gasteiger partial charge in [-0.25, -0.2) is 0 Å². The average molecular weight is 338 g/mol. The first-order valence-electron chi connectivity index (χ1n) is 7.96. The molecule has 4 atom stereocenters. The lowest BCUT2D eigenvalue weighted by Gasteiger charge is -2.40. The van der Waals surface area contributed by atoms with Crippen molar-refractivity contribution in [3.8, 4) is 0 Å². The van der Waals surface area contributed by atoms with Crippen molar-refractivity contribution in [1.82, 2.24) is 15.3 Å². The Balaban J connectivity index is 2.06. The Kier molecular flexibility index (Phi) is 4.43. The number of nitrogen functional groups attached to an aromatic ring is 1. The van der Waals surface area contributed by atoms with Crippen LogP contribution in [0.15, 0.2) is 4.79 Å². The van der Waals surface area contributed by atoms with Gasteiger partial charge in [-0.2, -0.15) is 4.98 Å². The highest BCUT2D eigenvalue weighted by Crippen LogP contribution is 2.30. The van der Waals surface area contributed by atoms with E-state index in [1.54, 1.807) is 0 Å². The maximum Gasteiger partial charge on any atom is 0.278 e. The van der Waals surface area contributed by atoms with Crippen molar-refractivity contribution in [2.45, 2.75) is 44.1 Å². The van der Waals surface area contributed by atoms with Crippen molar-refractivity contribution in [3.63, 3.8) is 0 Å². The van der Waals surface area contributed by atoms with E-state index in [9.17, 15) is 19.8 Å². The summed E-state index contributed by atoms with van der Waals surface area (Å²) in [6.45, 7) is 2.30. The third-order valence-corrected chi connectivity index (χ3v) is 4.45. The van der Waals surface area contributed by atoms with Crippen molar-refractivity contribution < 1.29 is 15.0 Å². The molecule has 132 valence electrons. The van der Waals surface area contributed by atoms with E-state index in [1.807, 2.05) is 0 Å². The number of nitrogens with one attached hydrogen (secondary N) is 3. The predicted octanol–water partition coefficient (Wildman–Crippen LogP) is -2.03. The first-order chi connectivity index (χ1) is 11.4. The van der Waals surface area contributed by atoms with E-state index in [0.717, 1.165) is 13.0 Å². The fraction of sp³-hybridized carbons (Fsp3) is 0.643. The van der Waals surface area contributed by atoms with E-state index in [1.165, 1.54) is 11.8 Å². The van der Waals surface area contributed by atoms with Gasteiger partial charge < -0.3 is 26.6 Å². The number of aromatic amines is 1. The van der Waals surface area contributed by atoms with Gasteiger partial charge in [0.2, 0.25) is 11.9 Å². The quantitative estimate of drug-likeness (QED) is 0.368. The van der Waals surface area contributed by atoms with Gasteiger partial charge in [-0.3, -0.25) is 19.5 Å². The van der Waals surface area contributed by atoms with E-state index < -0.39 is 29.9 Å². The molecule has 0 unspecified atom stereocenters. The topological polar surface area (TPSA) is 157 Å². The van der Waals surface area contributed by atoms with Gasteiger partial charge in [0, 0.05) is 6.54 Å². The number of amides is 1. The van der Waals surface area contributed by atoms with Crippen molar-refractivity contribution in [2.75, 3.05) is 29.0 Å². The molecule has 0 aromatic carbocycles. The summed E-state index contributed by atoms with van der Waals surface area (Å²) < 4.78 is 0. The van der Waals surface area contributed by atoms with Gasteiger partial charge in [0.25, 0.3) is 5.56 Å². The van der Waals surface area contributed by atoms with E-state index in [-0.39, 0.29) is 29.9 Å². The molecule has 10 nitrogen and oxygen atoms in total. The molecule has 1 amide bonds. The molecule has 7 N–H and O–H groups in total. The first kappa shape index (κ1) is 16.7. The van der Waals surface area contributed by atoms with Crippen molar-refractivity contribution in [2.24, 2.45) is 0 Å². The van der Waals surface area contributed by atoms with Crippen molar-refractivity contribution in [3.05, 3.63) is 10.4 Å². The monoisotopic (exact) mass is 338 g/mol. The minimum absolute atomic E-state index is 0.0128. The minimum atomic E-state index is -1.21. The number of carbonyl (C=O) groups is 1. The molecular weight excluding hydrogens is 316 g/mol. The number of nitrogens with zero attached hydrogens (tertiary/aromatic N) is 2. The third kappa shape index (κ3) is 2.83. The van der Waals surface area contributed by atoms with Gasteiger partial charge in [-0.15, -0.1) is 0 Å². The van der Waals surface area contributed by atoms with E-state index >= 15 is 0 Å². The number of fused-ring (bicyclic) bond motifs is 1. The number of rotatable bonds is 3. The molecular formula is C14H22N6O4. The van der Waals surface area contributed by atoms with Crippen LogP contribution < -0.4 is 26.8 Å². The van der Waals surface area contributed by atoms with Crippen LogP contribution in [0.25, 0.3) is 0 Å². The first-order valence-corrected chi connectivity index (χ1v) is 7.96. The molecule has 3 rings (SSSR count). The van der Waals surface area contributed by atoms with Crippen LogP contribution in [0.3, 0.4) is 0 Å². The number of carbonyl (C=O) groups excluding carboxylic acids is 1. The second kappa shape index (κ2) is 6.38. The highest BCUT2D eigenvalue weighted by Gasteiger charge is 2.42. The van der Waals surface area contributed by atoms with Crippen LogP contribution in [0.5, 0.6) is 0 Å². The van der Waals surface area contributed by atoms with Gasteiger partial charge in [-0.1, -0.05) is 0 Å². The number of hydrogen-bond donors (Lipinski definition) is 6. The highest BCUT2D eigenvalue weighted by molar-refractivity contribution is 6.01. The van der Waals surface area contributed by atoms with Gasteiger partial charge in [-0.05, 0) is 26.3 Å². The van der Waals surface area contributed by atoms with Crippen LogP contribution in [0.1, 0.15) is 19.8 Å². The summed E-state index contributed by atoms with van der Waals surface area (Å²) in [5.41, 5.74) is 5.00. The van der Waals surface area contributed by atoms with E-state index in [2.05, 4.69) is 20.6 Å². The Bertz CT molecular complexity index is 684. The molecule has 3 heterocycles. The molecule has 1 fully saturated rings. The summed E-state index contributed by atoms with van der Waals surface area (Å²) in [5, 5.41) is 26.1. The number of hydrogen-bond acceptors (Lipinski definition) is 8. The van der Waals surface area contributed by atoms with Crippen LogP contribution in [0, 0.1) is 0 Å². The summed E-state index contributed by atoms with van der Waals surface area (Å²) in [4.78, 5) is 33.0. The Labute approximate surface area is 138 Å². The summed E-state index contributed by atoms with van der Waals surface area (Å²) in [6, 6.07) is -1.23. The van der Waals surface area contributed by atoms with Crippen molar-refractivity contribution in [1.29, 1.82) is 0 Å². The average Bonchev–Trinajstić information content (AvgIpc) is 3.06. The van der Waals surface area contributed by atoms with Gasteiger partial charge in [0.1, 0.15) is 6.10 Å². The zero-order valence-electron chi connectivity index (χ0n) is 13.3. The number of aliphatic hydroxyl groups is 2. The lowest BCUT2D eigenvalue weighted by molar-refractivity contribution is -0.121. The molecule has 10 heteroatoms. The fourth-order valence-corrected chi connectivity index (χ4v) is 3.22. The Morgan fingerprint density at radius 1 is 1.46 bits per heavy atom. The van der Waals surface area contributed by atoms with Crippen molar-refractivity contribution >= 4 is 23.4 Å². The molecule has 1 aromatic heterocycles. The van der Waals surface area contributed by atoms with Crippen LogP contribution in [-0.2, 0) is 4.79 Å². The molecule has 0 aliphatic carbocycles. The lowest BCUT2D eigenvalue weighted by atomic mass is 10.0. The summed E-state index contributed by atoms with van der Waals surface area (Å²) in [6.07, 6.45) is -0.774. The molecule has 0 saturated carbocycles. The normalized spacial score (nSPS) is 25.7. The Morgan fingerprint density at radius 2 is 2.21 bits per heavy atom. The smallest absolute Gasteiger partial charge is 0.278 e. The maximum atomic E-state index is 13.0. The standard InChI is InChI=1S/C14H22N6O4/c1-6(21)10(22)8-5-17-11-9(12(23)19-14(15)18-11)20(8)13(24)7-3-2-4-16-7/h6-8,10,16,21-22H,2-5H2,1H3,(H4,15,17,18,19,23)/t6-,7-,8+,10-/m0/s1. The zero-order valence-corrected chi connectivity index (χ0v) is 13.3. The second-order valence-electron chi connectivity index (χ2n) is 6.19. The predicted molar refractivity (Wildman–Crippen MR) is 87.7 cm³/mol. The maximum absolute atomic E-state index is 13.0. The number of nitrogens with two attached hydrogens (primary N) is 1. The zero-order chi connectivity index (χ0) is 17.4. The van der Waals surface area contributed by atoms with Gasteiger partial charge in [0.05, 0.1) is 18.2 Å². The molecule has 0 bridgehead atoms. The lowest BCUT2D eigenvalue weighted by Crippen LogP contribution is -2.60. The Morgan fingerprint density at radius 3 is 2.83 bits per heavy atom. The number of H-pyrrole nitrogens is 1. The number of aromatic nitrogens is 2. The molecule has 2 aliphatic heterocycles. The van der Waals surface area contributed by atoms with E-state index in [0.29, 0.717) is 6.42 Å². The van der Waals surface area contributed by atoms with Gasteiger partial charge >= 0.3 is 0 Å². The Hall–Kier alpha value is -2.17. The van der Waals surface area contributed by atoms with Crippen LogP contribution in [-0.4, -0.2) is 63.5 Å². The molecule has 0 spiro atoms. The molecule has 1 aromatic rings. The van der Waals surface area contributed by atoms with Crippen LogP contribution in [0.4, 0.5) is 17.5 Å². The molecule has 1 saturated heterocycles. The number of anilines is 3. The second-order valence-corrected chi connectivity index (χ2v) is 6.19. The number of aliphatic hydroxyl groups excluding tert-OH is 2. The summed E-state index contributed by atoms with van der Waals surface area (Å²) >= 11 is 0. The molecule has 2 aliphatic rings. The third-order valence-electron chi connectivity index (χ3n) is 4.45. The fourth-order valence-electron chi connectivity index (χ4n) is 3.22. The molecule has 0 radical (unpaired) electrons. The highest BCUT2D eigenvalue weighted by atomic mass is 16.3. The van der Waals surface area contributed by atoms with E-state index in [4.69, 9.17) is 5.73 Å². The SMILES string of the molecule is C[C@H](O)[C@H](O)[C@H]1CNc2nc(N)[nH]c(=O)c2N1C(=O)[C@@H]1CCCN1. The van der Waals surface area contributed by atoms with Gasteiger partial charge in [0.15, 0.2) is 11.5 Å².